The summed E-state index contributed by atoms with van der Waals surface area (Å²) in [7, 11) is 1.69. The molecule has 4 nitrogen and oxygen atoms in total. The second-order valence-electron chi connectivity index (χ2n) is 5.96. The number of likely N-dealkylation sites (tertiary alicyclic amines) is 1. The van der Waals surface area contributed by atoms with Gasteiger partial charge in [-0.1, -0.05) is 60.7 Å². The number of rotatable bonds is 3. The number of amides is 1. The van der Waals surface area contributed by atoms with Gasteiger partial charge in [0.1, 0.15) is 5.41 Å². The van der Waals surface area contributed by atoms with Crippen molar-refractivity contribution in [3.05, 3.63) is 71.8 Å². The van der Waals surface area contributed by atoms with E-state index in [-0.39, 0.29) is 12.3 Å². The van der Waals surface area contributed by atoms with Gasteiger partial charge in [-0.15, -0.1) is 0 Å². The second-order valence-corrected chi connectivity index (χ2v) is 5.96. The summed E-state index contributed by atoms with van der Waals surface area (Å²) in [5.74, 6) is -0.913. The highest BCUT2D eigenvalue weighted by Crippen LogP contribution is 2.47. The lowest BCUT2D eigenvalue weighted by molar-refractivity contribution is -0.154. The van der Waals surface area contributed by atoms with Crippen LogP contribution in [0.15, 0.2) is 60.7 Å². The quantitative estimate of drug-likeness (QED) is 0.948. The van der Waals surface area contributed by atoms with E-state index < -0.39 is 17.4 Å². The van der Waals surface area contributed by atoms with E-state index in [1.54, 1.807) is 11.9 Å². The lowest BCUT2D eigenvalue weighted by Gasteiger charge is -2.46. The number of piperidine rings is 1. The number of carbonyl (C=O) groups is 2. The van der Waals surface area contributed by atoms with Crippen LogP contribution in [0.1, 0.15) is 30.0 Å². The van der Waals surface area contributed by atoms with Crippen LogP contribution >= 0.6 is 0 Å². The first-order chi connectivity index (χ1) is 11.1. The smallest absolute Gasteiger partial charge is 0.316 e. The fourth-order valence-corrected chi connectivity index (χ4v) is 3.62. The molecular weight excluding hydrogens is 290 g/mol. The summed E-state index contributed by atoms with van der Waals surface area (Å²) in [6, 6.07) is 18.1. The minimum Gasteiger partial charge on any atom is -0.481 e. The third kappa shape index (κ3) is 2.40. The van der Waals surface area contributed by atoms with E-state index in [2.05, 4.69) is 0 Å². The lowest BCUT2D eigenvalue weighted by Crippen LogP contribution is -2.54. The van der Waals surface area contributed by atoms with Crippen LogP contribution in [-0.2, 0) is 15.0 Å². The molecule has 3 rings (SSSR count). The number of hydrogen-bond acceptors (Lipinski definition) is 2. The average molecular weight is 309 g/mol. The Morgan fingerprint density at radius 1 is 1.09 bits per heavy atom. The van der Waals surface area contributed by atoms with E-state index in [1.807, 2.05) is 60.7 Å². The number of carbonyl (C=O) groups excluding carboxylic acids is 1. The van der Waals surface area contributed by atoms with Crippen molar-refractivity contribution in [1.82, 2.24) is 4.90 Å². The van der Waals surface area contributed by atoms with E-state index >= 15 is 0 Å². The van der Waals surface area contributed by atoms with Crippen LogP contribution in [0.5, 0.6) is 0 Å². The summed E-state index contributed by atoms with van der Waals surface area (Å²) in [6.07, 6.45) is 0.538. The molecule has 0 aliphatic carbocycles. The molecule has 0 saturated carbocycles. The van der Waals surface area contributed by atoms with Gasteiger partial charge in [0.05, 0.1) is 6.04 Å². The molecule has 1 amide bonds. The zero-order chi connectivity index (χ0) is 16.4. The van der Waals surface area contributed by atoms with Gasteiger partial charge in [0.25, 0.3) is 0 Å². The highest BCUT2D eigenvalue weighted by molar-refractivity contribution is 5.88. The molecule has 2 atom stereocenters. The van der Waals surface area contributed by atoms with Crippen LogP contribution < -0.4 is 0 Å². The molecule has 4 heteroatoms. The van der Waals surface area contributed by atoms with Crippen LogP contribution in [-0.4, -0.2) is 28.9 Å². The number of likely N-dealkylation sites (N-methyl/N-ethyl adjacent to an activating group) is 1. The summed E-state index contributed by atoms with van der Waals surface area (Å²) >= 11 is 0. The first-order valence-electron chi connectivity index (χ1n) is 7.67. The van der Waals surface area contributed by atoms with E-state index in [9.17, 15) is 14.7 Å². The van der Waals surface area contributed by atoms with Gasteiger partial charge in [-0.25, -0.2) is 0 Å². The molecule has 1 fully saturated rings. The van der Waals surface area contributed by atoms with Crippen LogP contribution in [0.4, 0.5) is 0 Å². The third-order valence-electron chi connectivity index (χ3n) is 4.77. The minimum absolute atomic E-state index is 0.0216. The maximum Gasteiger partial charge on any atom is 0.316 e. The zero-order valence-corrected chi connectivity index (χ0v) is 13.0. The molecule has 1 heterocycles. The van der Waals surface area contributed by atoms with Crippen molar-refractivity contribution in [2.75, 3.05) is 7.05 Å². The number of carboxylic acid groups (broad SMARTS) is 1. The maximum atomic E-state index is 12.4. The molecule has 0 aromatic heterocycles. The van der Waals surface area contributed by atoms with Gasteiger partial charge in [-0.3, -0.25) is 9.59 Å². The molecule has 23 heavy (non-hydrogen) atoms. The van der Waals surface area contributed by atoms with Crippen molar-refractivity contribution in [3.8, 4) is 0 Å². The molecule has 1 saturated heterocycles. The van der Waals surface area contributed by atoms with Crippen LogP contribution in [0.2, 0.25) is 0 Å². The normalized spacial score (nSPS) is 24.5. The Labute approximate surface area is 135 Å². The van der Waals surface area contributed by atoms with Crippen molar-refractivity contribution in [3.63, 3.8) is 0 Å². The maximum absolute atomic E-state index is 12.4. The Bertz CT molecular complexity index is 714. The number of carboxylic acids is 1. The number of hydrogen-bond donors (Lipinski definition) is 1. The topological polar surface area (TPSA) is 57.6 Å². The number of aliphatic carboxylic acids is 1. The molecule has 0 spiro atoms. The van der Waals surface area contributed by atoms with Crippen LogP contribution in [0.25, 0.3) is 0 Å². The molecular formula is C19H19NO3. The molecule has 2 aromatic carbocycles. The fraction of sp³-hybridized carbons (Fsp3) is 0.263. The van der Waals surface area contributed by atoms with Gasteiger partial charge >= 0.3 is 5.97 Å². The Balaban J connectivity index is 2.23. The van der Waals surface area contributed by atoms with Crippen molar-refractivity contribution < 1.29 is 14.7 Å². The molecule has 2 unspecified atom stereocenters. The molecule has 1 N–H and O–H groups in total. The first-order valence-corrected chi connectivity index (χ1v) is 7.67. The molecule has 118 valence electrons. The predicted molar refractivity (Wildman–Crippen MR) is 86.9 cm³/mol. The van der Waals surface area contributed by atoms with Crippen LogP contribution in [0.3, 0.4) is 0 Å². The molecule has 0 radical (unpaired) electrons. The minimum atomic E-state index is -1.13. The Hall–Kier alpha value is -2.62. The van der Waals surface area contributed by atoms with E-state index in [0.717, 1.165) is 11.1 Å². The van der Waals surface area contributed by atoms with E-state index in [4.69, 9.17) is 0 Å². The Morgan fingerprint density at radius 2 is 1.65 bits per heavy atom. The highest BCUT2D eigenvalue weighted by Gasteiger charge is 2.53. The summed E-state index contributed by atoms with van der Waals surface area (Å²) in [5, 5.41) is 10.1. The van der Waals surface area contributed by atoms with Crippen LogP contribution in [0, 0.1) is 0 Å². The van der Waals surface area contributed by atoms with Gasteiger partial charge in [-0.2, -0.15) is 0 Å². The largest absolute Gasteiger partial charge is 0.481 e. The SMILES string of the molecule is CN1C(=O)CCC(C(=O)O)(c2ccccc2)C1c1ccccc1. The number of nitrogens with zero attached hydrogens (tertiary/aromatic N) is 1. The van der Waals surface area contributed by atoms with Crippen molar-refractivity contribution in [2.24, 2.45) is 0 Å². The molecule has 2 aromatic rings. The van der Waals surface area contributed by atoms with E-state index in [0.29, 0.717) is 6.42 Å². The summed E-state index contributed by atoms with van der Waals surface area (Å²) < 4.78 is 0. The zero-order valence-electron chi connectivity index (χ0n) is 13.0. The van der Waals surface area contributed by atoms with Gasteiger partial charge in [0.2, 0.25) is 5.91 Å². The Kier molecular flexibility index (Phi) is 3.90. The first kappa shape index (κ1) is 15.3. The average Bonchev–Trinajstić information content (AvgIpc) is 2.58. The van der Waals surface area contributed by atoms with E-state index in [1.165, 1.54) is 0 Å². The lowest BCUT2D eigenvalue weighted by atomic mass is 9.66. The summed E-state index contributed by atoms with van der Waals surface area (Å²) in [5.41, 5.74) is 0.445. The molecule has 1 aliphatic rings. The molecule has 0 bridgehead atoms. The van der Waals surface area contributed by atoms with Crippen molar-refractivity contribution in [2.45, 2.75) is 24.3 Å². The van der Waals surface area contributed by atoms with Gasteiger partial charge in [0, 0.05) is 13.5 Å². The summed E-state index contributed by atoms with van der Waals surface area (Å²) in [4.78, 5) is 26.2. The number of benzene rings is 2. The summed E-state index contributed by atoms with van der Waals surface area (Å²) in [6.45, 7) is 0. The van der Waals surface area contributed by atoms with Crippen molar-refractivity contribution in [1.29, 1.82) is 0 Å². The monoisotopic (exact) mass is 309 g/mol. The standard InChI is InChI=1S/C19H19NO3/c1-20-16(21)12-13-19(18(22)23,15-10-6-3-7-11-15)17(20)14-8-4-2-5-9-14/h2-11,17H,12-13H2,1H3,(H,22,23). The Morgan fingerprint density at radius 3 is 2.22 bits per heavy atom. The van der Waals surface area contributed by atoms with Gasteiger partial charge in [-0.05, 0) is 17.5 Å². The van der Waals surface area contributed by atoms with Gasteiger partial charge in [0.15, 0.2) is 0 Å². The molecule has 1 aliphatic heterocycles. The van der Waals surface area contributed by atoms with Crippen molar-refractivity contribution >= 4 is 11.9 Å². The highest BCUT2D eigenvalue weighted by atomic mass is 16.4. The fourth-order valence-electron chi connectivity index (χ4n) is 3.62. The second kappa shape index (κ2) is 5.88. The third-order valence-corrected chi connectivity index (χ3v) is 4.77. The van der Waals surface area contributed by atoms with Gasteiger partial charge < -0.3 is 10.0 Å². The predicted octanol–water partition coefficient (Wildman–Crippen LogP) is 3.00.